The largest absolute Gasteiger partial charge is 0.495 e. The molecule has 4 nitrogen and oxygen atoms in total. The summed E-state index contributed by atoms with van der Waals surface area (Å²) >= 11 is 0. The van der Waals surface area contributed by atoms with Crippen molar-refractivity contribution in [2.45, 2.75) is 19.5 Å². The molecule has 2 aromatic rings. The van der Waals surface area contributed by atoms with Gasteiger partial charge in [0.15, 0.2) is 5.71 Å². The van der Waals surface area contributed by atoms with Crippen molar-refractivity contribution < 1.29 is 22.7 Å². The SMILES string of the molecule is C=C(OC)/C(=N/OC)c1ccccc1CCN=C(C)c1cccc(C(F)(F)F)c1. The molecule has 2 rings (SSSR count). The Kier molecular flexibility index (Phi) is 7.59. The van der Waals surface area contributed by atoms with Gasteiger partial charge in [0.25, 0.3) is 0 Å². The summed E-state index contributed by atoms with van der Waals surface area (Å²) in [4.78, 5) is 9.35. The van der Waals surface area contributed by atoms with Gasteiger partial charge in [-0.15, -0.1) is 0 Å². The third-order valence-electron chi connectivity index (χ3n) is 4.30. The molecule has 0 spiro atoms. The van der Waals surface area contributed by atoms with Gasteiger partial charge in [0.05, 0.1) is 12.7 Å². The molecule has 0 fully saturated rings. The molecule has 7 heteroatoms. The lowest BCUT2D eigenvalue weighted by Gasteiger charge is -2.12. The van der Waals surface area contributed by atoms with E-state index in [9.17, 15) is 13.2 Å². The second-order valence-corrected chi connectivity index (χ2v) is 6.20. The average molecular weight is 404 g/mol. The Bertz CT molecular complexity index is 918. The zero-order chi connectivity index (χ0) is 21.4. The predicted molar refractivity (Wildman–Crippen MR) is 108 cm³/mol. The first-order chi connectivity index (χ1) is 13.8. The standard InChI is InChI=1S/C22H23F3N2O2/c1-15(18-9-7-10-19(14-18)22(23,24)25)26-13-12-17-8-5-6-11-20(17)21(27-29-4)16(2)28-3/h5-11,14H,2,12-13H2,1,3-4H3/b26-15?,27-21-. The van der Waals surface area contributed by atoms with Crippen LogP contribution in [-0.4, -0.2) is 32.2 Å². The molecule has 0 aromatic heterocycles. The lowest BCUT2D eigenvalue weighted by atomic mass is 9.99. The Labute approximate surface area is 168 Å². The quantitative estimate of drug-likeness (QED) is 0.342. The maximum atomic E-state index is 12.9. The summed E-state index contributed by atoms with van der Waals surface area (Å²) in [7, 11) is 2.94. The van der Waals surface area contributed by atoms with Crippen LogP contribution in [0.25, 0.3) is 0 Å². The highest BCUT2D eigenvalue weighted by Gasteiger charge is 2.30. The molecular formula is C22H23F3N2O2. The summed E-state index contributed by atoms with van der Waals surface area (Å²) in [5.41, 5.74) is 2.52. The predicted octanol–water partition coefficient (Wildman–Crippen LogP) is 5.27. The fourth-order valence-electron chi connectivity index (χ4n) is 2.76. The number of alkyl halides is 3. The summed E-state index contributed by atoms with van der Waals surface area (Å²) in [6, 6.07) is 12.7. The van der Waals surface area contributed by atoms with E-state index < -0.39 is 11.7 Å². The van der Waals surface area contributed by atoms with Crippen LogP contribution in [0.5, 0.6) is 0 Å². The minimum absolute atomic E-state index is 0.364. The van der Waals surface area contributed by atoms with Crippen LogP contribution in [-0.2, 0) is 22.2 Å². The number of ether oxygens (including phenoxy) is 1. The van der Waals surface area contributed by atoms with Crippen molar-refractivity contribution in [3.8, 4) is 0 Å². The molecular weight excluding hydrogens is 381 g/mol. The Hall–Kier alpha value is -3.09. The van der Waals surface area contributed by atoms with Crippen LogP contribution in [0.4, 0.5) is 13.2 Å². The first kappa shape index (κ1) is 22.2. The highest BCUT2D eigenvalue weighted by molar-refractivity contribution is 6.11. The maximum absolute atomic E-state index is 12.9. The van der Waals surface area contributed by atoms with Gasteiger partial charge in [-0.3, -0.25) is 4.99 Å². The molecule has 0 unspecified atom stereocenters. The van der Waals surface area contributed by atoms with Crippen LogP contribution in [0.1, 0.15) is 29.2 Å². The first-order valence-corrected chi connectivity index (χ1v) is 8.89. The fourth-order valence-corrected chi connectivity index (χ4v) is 2.76. The van der Waals surface area contributed by atoms with Crippen molar-refractivity contribution in [3.05, 3.63) is 83.1 Å². The van der Waals surface area contributed by atoms with Crippen molar-refractivity contribution >= 4 is 11.4 Å². The van der Waals surface area contributed by atoms with Gasteiger partial charge >= 0.3 is 6.18 Å². The second-order valence-electron chi connectivity index (χ2n) is 6.20. The van der Waals surface area contributed by atoms with E-state index in [2.05, 4.69) is 16.7 Å². The van der Waals surface area contributed by atoms with E-state index in [1.807, 2.05) is 24.3 Å². The smallest absolute Gasteiger partial charge is 0.416 e. The lowest BCUT2D eigenvalue weighted by molar-refractivity contribution is -0.137. The molecule has 2 aromatic carbocycles. The van der Waals surface area contributed by atoms with E-state index in [0.29, 0.717) is 35.7 Å². The number of rotatable bonds is 8. The number of nitrogens with zero attached hydrogens (tertiary/aromatic N) is 2. The van der Waals surface area contributed by atoms with Gasteiger partial charge in [-0.25, -0.2) is 0 Å². The number of hydrogen-bond donors (Lipinski definition) is 0. The molecule has 0 aliphatic carbocycles. The molecule has 0 saturated heterocycles. The molecule has 0 aliphatic rings. The molecule has 0 aliphatic heterocycles. The number of oxime groups is 1. The minimum Gasteiger partial charge on any atom is -0.495 e. The third kappa shape index (κ3) is 5.94. The number of methoxy groups -OCH3 is 1. The molecule has 29 heavy (non-hydrogen) atoms. The third-order valence-corrected chi connectivity index (χ3v) is 4.30. The lowest BCUT2D eigenvalue weighted by Crippen LogP contribution is -2.11. The van der Waals surface area contributed by atoms with Gasteiger partial charge in [-0.2, -0.15) is 13.2 Å². The molecule has 0 N–H and O–H groups in total. The first-order valence-electron chi connectivity index (χ1n) is 8.89. The van der Waals surface area contributed by atoms with E-state index in [1.165, 1.54) is 20.3 Å². The fraction of sp³-hybridized carbons (Fsp3) is 0.273. The van der Waals surface area contributed by atoms with Crippen LogP contribution in [0.15, 0.2) is 71.0 Å². The van der Waals surface area contributed by atoms with E-state index in [-0.39, 0.29) is 0 Å². The number of halogens is 3. The number of hydrogen-bond acceptors (Lipinski definition) is 4. The Morgan fingerprint density at radius 1 is 1.07 bits per heavy atom. The topological polar surface area (TPSA) is 43.2 Å². The maximum Gasteiger partial charge on any atom is 0.416 e. The summed E-state index contributed by atoms with van der Waals surface area (Å²) in [5.74, 6) is 0.364. The molecule has 0 atom stereocenters. The van der Waals surface area contributed by atoms with Gasteiger partial charge in [0.1, 0.15) is 12.9 Å². The van der Waals surface area contributed by atoms with E-state index >= 15 is 0 Å². The van der Waals surface area contributed by atoms with Crippen molar-refractivity contribution in [1.29, 1.82) is 0 Å². The van der Waals surface area contributed by atoms with Gasteiger partial charge < -0.3 is 9.57 Å². The van der Waals surface area contributed by atoms with Crippen molar-refractivity contribution in [2.75, 3.05) is 20.8 Å². The van der Waals surface area contributed by atoms with Gasteiger partial charge in [-0.1, -0.05) is 48.1 Å². The summed E-state index contributed by atoms with van der Waals surface area (Å²) in [5, 5.41) is 4.00. The zero-order valence-electron chi connectivity index (χ0n) is 16.6. The Morgan fingerprint density at radius 2 is 1.79 bits per heavy atom. The van der Waals surface area contributed by atoms with Crippen molar-refractivity contribution in [1.82, 2.24) is 0 Å². The normalized spacial score (nSPS) is 12.6. The molecule has 0 amide bonds. The van der Waals surface area contributed by atoms with Crippen LogP contribution in [0.2, 0.25) is 0 Å². The molecule has 0 radical (unpaired) electrons. The zero-order valence-corrected chi connectivity index (χ0v) is 16.6. The summed E-state index contributed by atoms with van der Waals surface area (Å²) in [6.07, 6.45) is -3.82. The Balaban J connectivity index is 2.21. The Morgan fingerprint density at radius 3 is 2.45 bits per heavy atom. The highest BCUT2D eigenvalue weighted by atomic mass is 19.4. The van der Waals surface area contributed by atoms with Crippen LogP contribution < -0.4 is 0 Å². The molecule has 0 saturated carbocycles. The number of aliphatic imine (C=N–C) groups is 1. The second kappa shape index (κ2) is 9.91. The highest BCUT2D eigenvalue weighted by Crippen LogP contribution is 2.29. The number of allylic oxidation sites excluding steroid dienone is 1. The van der Waals surface area contributed by atoms with Crippen LogP contribution in [0.3, 0.4) is 0 Å². The minimum atomic E-state index is -4.38. The van der Waals surface area contributed by atoms with Crippen LogP contribution >= 0.6 is 0 Å². The van der Waals surface area contributed by atoms with E-state index in [1.54, 1.807) is 13.0 Å². The average Bonchev–Trinajstić information content (AvgIpc) is 2.71. The molecule has 0 heterocycles. The summed E-state index contributed by atoms with van der Waals surface area (Å²) in [6.45, 7) is 5.94. The van der Waals surface area contributed by atoms with Crippen molar-refractivity contribution in [3.63, 3.8) is 0 Å². The van der Waals surface area contributed by atoms with Crippen LogP contribution in [0, 0.1) is 0 Å². The molecule has 154 valence electrons. The van der Waals surface area contributed by atoms with E-state index in [4.69, 9.17) is 9.57 Å². The molecule has 0 bridgehead atoms. The van der Waals surface area contributed by atoms with E-state index in [0.717, 1.165) is 23.3 Å². The van der Waals surface area contributed by atoms with Crippen molar-refractivity contribution in [2.24, 2.45) is 10.1 Å². The van der Waals surface area contributed by atoms with Gasteiger partial charge in [-0.05, 0) is 36.6 Å². The van der Waals surface area contributed by atoms with Gasteiger partial charge in [0.2, 0.25) is 0 Å². The summed E-state index contributed by atoms with van der Waals surface area (Å²) < 4.78 is 43.9. The number of benzene rings is 2. The van der Waals surface area contributed by atoms with Gasteiger partial charge in [0, 0.05) is 17.8 Å². The monoisotopic (exact) mass is 404 g/mol.